The first-order chi connectivity index (χ1) is 12.1. The molecule has 0 bridgehead atoms. The van der Waals surface area contributed by atoms with Crippen molar-refractivity contribution in [3.05, 3.63) is 65.5 Å². The topological polar surface area (TPSA) is 69.6 Å². The van der Waals surface area contributed by atoms with Crippen LogP contribution < -0.4 is 5.73 Å². The summed E-state index contributed by atoms with van der Waals surface area (Å²) in [5.41, 5.74) is 8.69. The predicted molar refractivity (Wildman–Crippen MR) is 92.2 cm³/mol. The van der Waals surface area contributed by atoms with Gasteiger partial charge in [0.1, 0.15) is 16.6 Å². The normalized spacial score (nSPS) is 11.0. The molecule has 0 unspecified atom stereocenters. The van der Waals surface area contributed by atoms with Gasteiger partial charge in [0.25, 0.3) is 0 Å². The number of benzene rings is 2. The molecule has 0 saturated heterocycles. The number of hydrogen-bond donors (Lipinski definition) is 1. The molecule has 25 heavy (non-hydrogen) atoms. The van der Waals surface area contributed by atoms with Gasteiger partial charge in [-0.15, -0.1) is 16.4 Å². The zero-order chi connectivity index (χ0) is 17.4. The number of nitrogens with zero attached hydrogens (tertiary/aromatic N) is 4. The molecule has 0 aliphatic carbocycles. The Hall–Kier alpha value is -3.13. The highest BCUT2D eigenvalue weighted by molar-refractivity contribution is 7.13. The van der Waals surface area contributed by atoms with Crippen molar-refractivity contribution in [3.63, 3.8) is 0 Å². The minimum absolute atomic E-state index is 0.300. The summed E-state index contributed by atoms with van der Waals surface area (Å²) in [7, 11) is 0. The lowest BCUT2D eigenvalue weighted by atomic mass is 10.2. The monoisotopic (exact) mass is 355 g/mol. The number of anilines is 1. The van der Waals surface area contributed by atoms with E-state index < -0.39 is 0 Å². The Balaban J connectivity index is 1.69. The Morgan fingerprint density at radius 1 is 0.920 bits per heavy atom. The van der Waals surface area contributed by atoms with Crippen LogP contribution in [-0.2, 0) is 0 Å². The van der Waals surface area contributed by atoms with Gasteiger partial charge in [-0.05, 0) is 48.5 Å². The van der Waals surface area contributed by atoms with Crippen LogP contribution in [0, 0.1) is 11.6 Å². The molecular formula is C17H11F2N5S. The van der Waals surface area contributed by atoms with Crippen molar-refractivity contribution in [2.45, 2.75) is 0 Å². The first-order valence-corrected chi connectivity index (χ1v) is 8.19. The smallest absolute Gasteiger partial charge is 0.165 e. The van der Waals surface area contributed by atoms with Crippen LogP contribution in [0.15, 0.2) is 53.9 Å². The van der Waals surface area contributed by atoms with Gasteiger partial charge in [-0.25, -0.2) is 13.8 Å². The van der Waals surface area contributed by atoms with Crippen LogP contribution in [-0.4, -0.2) is 20.0 Å². The van der Waals surface area contributed by atoms with E-state index in [1.165, 1.54) is 40.3 Å². The second kappa shape index (κ2) is 6.06. The molecule has 0 atom stereocenters. The first-order valence-electron chi connectivity index (χ1n) is 7.31. The van der Waals surface area contributed by atoms with E-state index in [2.05, 4.69) is 15.3 Å². The Kier molecular flexibility index (Phi) is 3.73. The molecule has 0 saturated carbocycles. The minimum atomic E-state index is -0.341. The van der Waals surface area contributed by atoms with E-state index in [1.807, 2.05) is 5.38 Å². The predicted octanol–water partition coefficient (Wildman–Crippen LogP) is 3.92. The van der Waals surface area contributed by atoms with Gasteiger partial charge in [-0.2, -0.15) is 4.68 Å². The summed E-state index contributed by atoms with van der Waals surface area (Å²) in [6.07, 6.45) is 0. The molecule has 124 valence electrons. The lowest BCUT2D eigenvalue weighted by Crippen LogP contribution is -2.02. The van der Waals surface area contributed by atoms with Crippen LogP contribution >= 0.6 is 11.3 Å². The molecule has 2 aromatic heterocycles. The summed E-state index contributed by atoms with van der Waals surface area (Å²) in [6.45, 7) is 0. The molecule has 2 N–H and O–H groups in total. The summed E-state index contributed by atoms with van der Waals surface area (Å²) in [5, 5.41) is 10.6. The van der Waals surface area contributed by atoms with Gasteiger partial charge in [0, 0.05) is 10.9 Å². The SMILES string of the molecule is Nc1c(-c2nc(-c3ccc(F)cc3)cs2)nnn1-c1ccc(F)cc1. The van der Waals surface area contributed by atoms with Crippen LogP contribution in [0.2, 0.25) is 0 Å². The fraction of sp³-hybridized carbons (Fsp3) is 0. The van der Waals surface area contributed by atoms with Crippen molar-refractivity contribution < 1.29 is 8.78 Å². The van der Waals surface area contributed by atoms with Gasteiger partial charge in [-0.1, -0.05) is 5.21 Å². The average molecular weight is 355 g/mol. The van der Waals surface area contributed by atoms with Gasteiger partial charge in [0.15, 0.2) is 11.5 Å². The fourth-order valence-electron chi connectivity index (χ4n) is 2.35. The molecule has 0 aliphatic heterocycles. The van der Waals surface area contributed by atoms with Crippen molar-refractivity contribution in [1.82, 2.24) is 20.0 Å². The maximum atomic E-state index is 13.1. The van der Waals surface area contributed by atoms with Crippen molar-refractivity contribution in [2.24, 2.45) is 0 Å². The minimum Gasteiger partial charge on any atom is -0.382 e. The highest BCUT2D eigenvalue weighted by Crippen LogP contribution is 2.31. The molecule has 8 heteroatoms. The summed E-state index contributed by atoms with van der Waals surface area (Å²) in [6, 6.07) is 11.9. The summed E-state index contributed by atoms with van der Waals surface area (Å²) in [5.74, 6) is -0.330. The third-order valence-corrected chi connectivity index (χ3v) is 4.47. The molecule has 2 aromatic carbocycles. The van der Waals surface area contributed by atoms with E-state index in [-0.39, 0.29) is 11.6 Å². The van der Waals surface area contributed by atoms with Crippen molar-refractivity contribution in [3.8, 4) is 27.6 Å². The van der Waals surface area contributed by atoms with Gasteiger partial charge in [-0.3, -0.25) is 0 Å². The maximum absolute atomic E-state index is 13.1. The Bertz CT molecular complexity index is 1020. The van der Waals surface area contributed by atoms with E-state index in [1.54, 1.807) is 24.3 Å². The Morgan fingerprint density at radius 3 is 2.24 bits per heavy atom. The molecule has 0 spiro atoms. The number of nitrogen functional groups attached to an aromatic ring is 1. The van der Waals surface area contributed by atoms with Crippen LogP contribution in [0.5, 0.6) is 0 Å². The first kappa shape index (κ1) is 15.4. The number of thiazole rings is 1. The molecule has 0 fully saturated rings. The van der Waals surface area contributed by atoms with E-state index in [4.69, 9.17) is 5.73 Å². The third kappa shape index (κ3) is 2.87. The van der Waals surface area contributed by atoms with E-state index in [0.29, 0.717) is 27.9 Å². The zero-order valence-electron chi connectivity index (χ0n) is 12.7. The number of hydrogen-bond acceptors (Lipinski definition) is 5. The number of aromatic nitrogens is 4. The van der Waals surface area contributed by atoms with Crippen molar-refractivity contribution >= 4 is 17.2 Å². The van der Waals surface area contributed by atoms with Crippen molar-refractivity contribution in [1.29, 1.82) is 0 Å². The van der Waals surface area contributed by atoms with Crippen LogP contribution in [0.1, 0.15) is 0 Å². The van der Waals surface area contributed by atoms with Crippen LogP contribution in [0.4, 0.5) is 14.6 Å². The quantitative estimate of drug-likeness (QED) is 0.605. The van der Waals surface area contributed by atoms with Gasteiger partial charge < -0.3 is 5.73 Å². The molecule has 4 rings (SSSR count). The van der Waals surface area contributed by atoms with E-state index >= 15 is 0 Å². The van der Waals surface area contributed by atoms with Gasteiger partial charge >= 0.3 is 0 Å². The second-order valence-corrected chi connectivity index (χ2v) is 6.11. The highest BCUT2D eigenvalue weighted by Gasteiger charge is 2.17. The Labute approximate surface area is 145 Å². The molecule has 2 heterocycles. The lowest BCUT2D eigenvalue weighted by Gasteiger charge is -2.02. The highest BCUT2D eigenvalue weighted by atomic mass is 32.1. The molecule has 5 nitrogen and oxygen atoms in total. The molecule has 0 radical (unpaired) electrons. The summed E-state index contributed by atoms with van der Waals surface area (Å²) < 4.78 is 27.5. The van der Waals surface area contributed by atoms with E-state index in [9.17, 15) is 8.78 Å². The van der Waals surface area contributed by atoms with Gasteiger partial charge in [0.05, 0.1) is 11.4 Å². The summed E-state index contributed by atoms with van der Waals surface area (Å²) in [4.78, 5) is 4.50. The molecular weight excluding hydrogens is 344 g/mol. The number of halogens is 2. The Morgan fingerprint density at radius 2 is 1.56 bits per heavy atom. The largest absolute Gasteiger partial charge is 0.382 e. The average Bonchev–Trinajstić information content (AvgIpc) is 3.23. The van der Waals surface area contributed by atoms with Crippen LogP contribution in [0.25, 0.3) is 27.6 Å². The molecule has 0 aliphatic rings. The van der Waals surface area contributed by atoms with Crippen LogP contribution in [0.3, 0.4) is 0 Å². The molecule has 4 aromatic rings. The summed E-state index contributed by atoms with van der Waals surface area (Å²) >= 11 is 1.37. The third-order valence-electron chi connectivity index (χ3n) is 3.62. The lowest BCUT2D eigenvalue weighted by molar-refractivity contribution is 0.626. The number of nitrogens with two attached hydrogens (primary N) is 1. The maximum Gasteiger partial charge on any atom is 0.165 e. The van der Waals surface area contributed by atoms with Gasteiger partial charge in [0.2, 0.25) is 0 Å². The van der Waals surface area contributed by atoms with Crippen molar-refractivity contribution in [2.75, 3.05) is 5.73 Å². The fourth-order valence-corrected chi connectivity index (χ4v) is 3.17. The standard InChI is InChI=1S/C17H11F2N5S/c18-11-3-1-10(2-4-11)14-9-25-17(21-14)15-16(20)24(23-22-15)13-7-5-12(19)6-8-13/h1-9H,20H2. The number of rotatable bonds is 3. The second-order valence-electron chi connectivity index (χ2n) is 5.26. The zero-order valence-corrected chi connectivity index (χ0v) is 13.5. The molecule has 0 amide bonds. The van der Waals surface area contributed by atoms with E-state index in [0.717, 1.165) is 5.56 Å².